The summed E-state index contributed by atoms with van der Waals surface area (Å²) >= 11 is 0. The van der Waals surface area contributed by atoms with Crippen molar-refractivity contribution in [3.8, 4) is 11.1 Å². The van der Waals surface area contributed by atoms with Gasteiger partial charge >= 0.3 is 0 Å². The molecule has 16 heavy (non-hydrogen) atoms. The molecule has 0 atom stereocenters. The van der Waals surface area contributed by atoms with Gasteiger partial charge in [0, 0.05) is 5.56 Å². The molecule has 0 aliphatic heterocycles. The Morgan fingerprint density at radius 1 is 0.688 bits per heavy atom. The highest BCUT2D eigenvalue weighted by atomic mass is 19.1. The van der Waals surface area contributed by atoms with Crippen molar-refractivity contribution in [2.45, 2.75) is 0 Å². The fraction of sp³-hybridized carbons (Fsp3) is 0. The minimum absolute atomic E-state index is 0.421. The summed E-state index contributed by atoms with van der Waals surface area (Å²) in [6.07, 6.45) is 0. The quantitative estimate of drug-likeness (QED) is 0.646. The van der Waals surface area contributed by atoms with Gasteiger partial charge in [0.05, 0.1) is 5.56 Å². The fourth-order valence-corrected chi connectivity index (χ4v) is 1.44. The standard InChI is InChI=1S/C12H6F4/c13-7-4-5-9(14)8(6-7)12-10(15)2-1-3-11(12)16/h1-6H. The van der Waals surface area contributed by atoms with Gasteiger partial charge in [-0.05, 0) is 30.3 Å². The molecular weight excluding hydrogens is 220 g/mol. The van der Waals surface area contributed by atoms with Crippen LogP contribution in [0.25, 0.3) is 11.1 Å². The molecular formula is C12H6F4. The minimum Gasteiger partial charge on any atom is -0.207 e. The summed E-state index contributed by atoms with van der Waals surface area (Å²) in [6.45, 7) is 0. The molecule has 0 aromatic heterocycles. The summed E-state index contributed by atoms with van der Waals surface area (Å²) in [4.78, 5) is 0. The Morgan fingerprint density at radius 2 is 1.31 bits per heavy atom. The van der Waals surface area contributed by atoms with E-state index in [1.165, 1.54) is 0 Å². The normalized spacial score (nSPS) is 10.5. The van der Waals surface area contributed by atoms with Gasteiger partial charge in [-0.1, -0.05) is 6.07 Å². The molecule has 0 radical (unpaired) electrons. The lowest BCUT2D eigenvalue weighted by molar-refractivity contribution is 0.577. The Hall–Kier alpha value is -1.84. The van der Waals surface area contributed by atoms with Crippen LogP contribution in [0.5, 0.6) is 0 Å². The Bertz CT molecular complexity index is 514. The zero-order chi connectivity index (χ0) is 11.7. The number of hydrogen-bond acceptors (Lipinski definition) is 0. The Labute approximate surface area is 89.2 Å². The first-order chi connectivity index (χ1) is 7.59. The molecule has 2 aromatic carbocycles. The lowest BCUT2D eigenvalue weighted by Gasteiger charge is -2.06. The van der Waals surface area contributed by atoms with Gasteiger partial charge in [-0.15, -0.1) is 0 Å². The first kappa shape index (κ1) is 10.7. The first-order valence-corrected chi connectivity index (χ1v) is 4.49. The molecule has 4 heteroatoms. The molecule has 0 nitrogen and oxygen atoms in total. The van der Waals surface area contributed by atoms with E-state index in [1.54, 1.807) is 0 Å². The van der Waals surface area contributed by atoms with Crippen molar-refractivity contribution < 1.29 is 17.6 Å². The van der Waals surface area contributed by atoms with Crippen molar-refractivity contribution in [3.05, 3.63) is 59.7 Å². The molecule has 0 heterocycles. The van der Waals surface area contributed by atoms with E-state index in [-0.39, 0.29) is 0 Å². The van der Waals surface area contributed by atoms with E-state index in [4.69, 9.17) is 0 Å². The van der Waals surface area contributed by atoms with Crippen LogP contribution in [0.4, 0.5) is 17.6 Å². The van der Waals surface area contributed by atoms with E-state index in [0.29, 0.717) is 0 Å². The lowest BCUT2D eigenvalue weighted by Crippen LogP contribution is -1.93. The lowest BCUT2D eigenvalue weighted by atomic mass is 10.0. The molecule has 0 saturated heterocycles. The maximum atomic E-state index is 13.3. The molecule has 2 rings (SSSR count). The van der Waals surface area contributed by atoms with E-state index in [2.05, 4.69) is 0 Å². The predicted molar refractivity (Wildman–Crippen MR) is 51.7 cm³/mol. The summed E-state index contributed by atoms with van der Waals surface area (Å²) in [5.74, 6) is -3.47. The van der Waals surface area contributed by atoms with Gasteiger partial charge < -0.3 is 0 Å². The van der Waals surface area contributed by atoms with Gasteiger partial charge in [-0.3, -0.25) is 0 Å². The van der Waals surface area contributed by atoms with Gasteiger partial charge in [0.2, 0.25) is 0 Å². The highest BCUT2D eigenvalue weighted by Gasteiger charge is 2.15. The van der Waals surface area contributed by atoms with Crippen molar-refractivity contribution in [1.82, 2.24) is 0 Å². The smallest absolute Gasteiger partial charge is 0.134 e. The topological polar surface area (TPSA) is 0 Å². The van der Waals surface area contributed by atoms with Crippen LogP contribution in [0.3, 0.4) is 0 Å². The van der Waals surface area contributed by atoms with Gasteiger partial charge in [0.1, 0.15) is 23.3 Å². The monoisotopic (exact) mass is 226 g/mol. The van der Waals surface area contributed by atoms with Crippen molar-refractivity contribution in [3.63, 3.8) is 0 Å². The maximum absolute atomic E-state index is 13.3. The molecule has 0 amide bonds. The highest BCUT2D eigenvalue weighted by Crippen LogP contribution is 2.28. The summed E-state index contributed by atoms with van der Waals surface area (Å²) in [6, 6.07) is 5.61. The van der Waals surface area contributed by atoms with Crippen LogP contribution in [-0.4, -0.2) is 0 Å². The molecule has 0 unspecified atom stereocenters. The third-order valence-corrected chi connectivity index (χ3v) is 2.16. The Kier molecular flexibility index (Phi) is 2.64. The predicted octanol–water partition coefficient (Wildman–Crippen LogP) is 3.91. The summed E-state index contributed by atoms with van der Waals surface area (Å²) < 4.78 is 52.8. The zero-order valence-corrected chi connectivity index (χ0v) is 7.98. The van der Waals surface area contributed by atoms with Crippen molar-refractivity contribution in [2.75, 3.05) is 0 Å². The van der Waals surface area contributed by atoms with Crippen LogP contribution in [-0.2, 0) is 0 Å². The summed E-state index contributed by atoms with van der Waals surface area (Å²) in [7, 11) is 0. The van der Waals surface area contributed by atoms with Gasteiger partial charge in [0.25, 0.3) is 0 Å². The molecule has 0 fully saturated rings. The SMILES string of the molecule is Fc1ccc(F)c(-c2c(F)cccc2F)c1. The fourth-order valence-electron chi connectivity index (χ4n) is 1.44. The van der Waals surface area contributed by atoms with Gasteiger partial charge in [0.15, 0.2) is 0 Å². The third kappa shape index (κ3) is 1.78. The number of halogens is 4. The number of benzene rings is 2. The van der Waals surface area contributed by atoms with Crippen LogP contribution in [0.2, 0.25) is 0 Å². The van der Waals surface area contributed by atoms with Gasteiger partial charge in [-0.2, -0.15) is 0 Å². The molecule has 2 aromatic rings. The number of rotatable bonds is 1. The molecule has 0 aliphatic carbocycles. The van der Waals surface area contributed by atoms with E-state index in [0.717, 1.165) is 36.4 Å². The Morgan fingerprint density at radius 3 is 1.94 bits per heavy atom. The van der Waals surface area contributed by atoms with E-state index < -0.39 is 34.4 Å². The molecule has 0 bridgehead atoms. The van der Waals surface area contributed by atoms with Crippen molar-refractivity contribution in [1.29, 1.82) is 0 Å². The second-order valence-electron chi connectivity index (χ2n) is 3.22. The molecule has 0 spiro atoms. The minimum atomic E-state index is -0.926. The summed E-state index contributed by atoms with van der Waals surface area (Å²) in [5.41, 5.74) is -0.977. The van der Waals surface area contributed by atoms with Gasteiger partial charge in [-0.25, -0.2) is 17.6 Å². The van der Waals surface area contributed by atoms with Crippen molar-refractivity contribution in [2.24, 2.45) is 0 Å². The average molecular weight is 226 g/mol. The maximum Gasteiger partial charge on any atom is 0.134 e. The van der Waals surface area contributed by atoms with E-state index >= 15 is 0 Å². The zero-order valence-electron chi connectivity index (χ0n) is 7.98. The molecule has 0 aliphatic rings. The molecule has 0 saturated carbocycles. The Balaban J connectivity index is 2.72. The van der Waals surface area contributed by atoms with Crippen LogP contribution >= 0.6 is 0 Å². The number of hydrogen-bond donors (Lipinski definition) is 0. The van der Waals surface area contributed by atoms with Crippen LogP contribution in [0, 0.1) is 23.3 Å². The van der Waals surface area contributed by atoms with Crippen molar-refractivity contribution >= 4 is 0 Å². The second-order valence-corrected chi connectivity index (χ2v) is 3.22. The van der Waals surface area contributed by atoms with Crippen LogP contribution < -0.4 is 0 Å². The average Bonchev–Trinajstić information content (AvgIpc) is 2.23. The van der Waals surface area contributed by atoms with Crippen LogP contribution in [0.15, 0.2) is 36.4 Å². The molecule has 0 N–H and O–H groups in total. The second kappa shape index (κ2) is 3.96. The van der Waals surface area contributed by atoms with Crippen LogP contribution in [0.1, 0.15) is 0 Å². The largest absolute Gasteiger partial charge is 0.207 e. The molecule has 82 valence electrons. The van der Waals surface area contributed by atoms with E-state index in [1.807, 2.05) is 0 Å². The summed E-state index contributed by atoms with van der Waals surface area (Å²) in [5, 5.41) is 0. The highest BCUT2D eigenvalue weighted by molar-refractivity contribution is 5.65. The van der Waals surface area contributed by atoms with E-state index in [9.17, 15) is 17.6 Å². The first-order valence-electron chi connectivity index (χ1n) is 4.49. The third-order valence-electron chi connectivity index (χ3n) is 2.16.